The minimum absolute atomic E-state index is 0.107. The Hall–Kier alpha value is -1.94. The van der Waals surface area contributed by atoms with Crippen molar-refractivity contribution in [2.24, 2.45) is 11.8 Å². The van der Waals surface area contributed by atoms with E-state index < -0.39 is 97.5 Å². The topological polar surface area (TPSA) is 237 Å². The second-order valence-corrected chi connectivity index (χ2v) is 30.7. The molecule has 0 aliphatic carbocycles. The Kier molecular flexibility index (Phi) is 65.5. The van der Waals surface area contributed by atoms with Crippen LogP contribution in [0.5, 0.6) is 0 Å². The molecule has 3 N–H and O–H groups in total. The average Bonchev–Trinajstić information content (AvgIpc) is 3.75. The van der Waals surface area contributed by atoms with Crippen molar-refractivity contribution < 1.29 is 80.2 Å². The highest BCUT2D eigenvalue weighted by Gasteiger charge is 2.30. The molecule has 0 aromatic heterocycles. The quantitative estimate of drug-likeness (QED) is 0.0222. The van der Waals surface area contributed by atoms with Crippen LogP contribution in [0, 0.1) is 11.8 Å². The molecule has 0 aliphatic rings. The maximum atomic E-state index is 13.1. The average molecular weight is 1380 g/mol. The molecule has 0 aliphatic heterocycles. The number of phosphoric ester groups is 2. The van der Waals surface area contributed by atoms with Gasteiger partial charge in [-0.25, -0.2) is 9.13 Å². The van der Waals surface area contributed by atoms with Crippen molar-refractivity contribution in [3.05, 3.63) is 0 Å². The normalized spacial score (nSPS) is 14.3. The van der Waals surface area contributed by atoms with Gasteiger partial charge in [-0.1, -0.05) is 337 Å². The summed E-state index contributed by atoms with van der Waals surface area (Å²) in [6.07, 6.45) is 53.8. The Balaban J connectivity index is 5.27. The van der Waals surface area contributed by atoms with Crippen molar-refractivity contribution in [1.29, 1.82) is 0 Å². The van der Waals surface area contributed by atoms with Gasteiger partial charge in [-0.05, 0) is 37.5 Å². The standard InChI is InChI=1S/C75H146O17P2/c1-7-10-12-14-16-18-20-21-22-27-35-41-47-53-59-74(79)91-70(63-85-72(77)57-51-45-39-33-25-19-17-15-13-11-8-2)65-89-93(81,82)87-61-69(76)62-88-94(83,84)90-66-71(64-86-73(78)58-52-46-40-34-30-29-32-38-44-50-56-68(6)9-3)92-75(80)60-54-48-42-36-28-24-23-26-31-37-43-49-55-67(4)5/h67-71,76H,7-66H2,1-6H3,(H,81,82)(H,83,84)/t68?,69-,70+,71+/m0/s1. The monoisotopic (exact) mass is 1380 g/mol. The fraction of sp³-hybridized carbons (Fsp3) is 0.947. The third-order valence-corrected chi connectivity index (χ3v) is 19.7. The summed E-state index contributed by atoms with van der Waals surface area (Å²) in [7, 11) is -9.91. The molecule has 0 rings (SSSR count). The van der Waals surface area contributed by atoms with Crippen molar-refractivity contribution in [2.75, 3.05) is 39.6 Å². The zero-order chi connectivity index (χ0) is 69.3. The smallest absolute Gasteiger partial charge is 0.462 e. The van der Waals surface area contributed by atoms with Crippen LogP contribution in [0.4, 0.5) is 0 Å². The third-order valence-electron chi connectivity index (χ3n) is 17.8. The summed E-state index contributed by atoms with van der Waals surface area (Å²) in [6, 6.07) is 0. The van der Waals surface area contributed by atoms with E-state index in [4.69, 9.17) is 37.0 Å². The maximum Gasteiger partial charge on any atom is 0.472 e. The molecule has 0 heterocycles. The van der Waals surface area contributed by atoms with Gasteiger partial charge in [-0.15, -0.1) is 0 Å². The Morgan fingerprint density at radius 1 is 0.309 bits per heavy atom. The lowest BCUT2D eigenvalue weighted by Gasteiger charge is -2.21. The van der Waals surface area contributed by atoms with E-state index in [1.807, 2.05) is 0 Å². The van der Waals surface area contributed by atoms with Crippen molar-refractivity contribution in [3.63, 3.8) is 0 Å². The summed E-state index contributed by atoms with van der Waals surface area (Å²) in [6.45, 7) is 9.63. The Morgan fingerprint density at radius 2 is 0.543 bits per heavy atom. The molecular weight excluding hydrogens is 1230 g/mol. The molecule has 3 unspecified atom stereocenters. The van der Waals surface area contributed by atoms with Crippen LogP contribution in [0.25, 0.3) is 0 Å². The summed E-state index contributed by atoms with van der Waals surface area (Å²) in [5.41, 5.74) is 0. The minimum atomic E-state index is -4.96. The van der Waals surface area contributed by atoms with Crippen LogP contribution < -0.4 is 0 Å². The maximum absolute atomic E-state index is 13.1. The Morgan fingerprint density at radius 3 is 0.809 bits per heavy atom. The van der Waals surface area contributed by atoms with Crippen LogP contribution in [0.2, 0.25) is 0 Å². The van der Waals surface area contributed by atoms with Gasteiger partial charge in [-0.2, -0.15) is 0 Å². The van der Waals surface area contributed by atoms with Gasteiger partial charge in [0.25, 0.3) is 0 Å². The molecule has 0 saturated carbocycles. The molecule has 6 atom stereocenters. The zero-order valence-electron chi connectivity index (χ0n) is 61.3. The van der Waals surface area contributed by atoms with E-state index in [0.717, 1.165) is 102 Å². The van der Waals surface area contributed by atoms with Crippen molar-refractivity contribution in [1.82, 2.24) is 0 Å². The highest BCUT2D eigenvalue weighted by molar-refractivity contribution is 7.47. The first-order valence-electron chi connectivity index (χ1n) is 39.0. The second-order valence-electron chi connectivity index (χ2n) is 27.8. The summed E-state index contributed by atoms with van der Waals surface area (Å²) >= 11 is 0. The highest BCUT2D eigenvalue weighted by atomic mass is 31.2. The summed E-state index contributed by atoms with van der Waals surface area (Å²) in [4.78, 5) is 72.8. The number of hydrogen-bond donors (Lipinski definition) is 3. The zero-order valence-corrected chi connectivity index (χ0v) is 63.1. The van der Waals surface area contributed by atoms with Gasteiger partial charge in [0, 0.05) is 25.7 Å². The summed E-state index contributed by atoms with van der Waals surface area (Å²) in [5.74, 6) is -0.528. The van der Waals surface area contributed by atoms with Gasteiger partial charge in [-0.3, -0.25) is 37.3 Å². The molecule has 558 valence electrons. The van der Waals surface area contributed by atoms with E-state index in [-0.39, 0.29) is 25.7 Å². The number of phosphoric acid groups is 2. The fourth-order valence-corrected chi connectivity index (χ4v) is 13.0. The summed E-state index contributed by atoms with van der Waals surface area (Å²) in [5, 5.41) is 10.6. The minimum Gasteiger partial charge on any atom is -0.462 e. The van der Waals surface area contributed by atoms with Crippen LogP contribution in [0.15, 0.2) is 0 Å². The molecule has 0 fully saturated rings. The lowest BCUT2D eigenvalue weighted by molar-refractivity contribution is -0.161. The second kappa shape index (κ2) is 66.9. The van der Waals surface area contributed by atoms with E-state index in [0.29, 0.717) is 25.7 Å². The van der Waals surface area contributed by atoms with E-state index in [1.54, 1.807) is 0 Å². The van der Waals surface area contributed by atoms with Crippen LogP contribution in [0.1, 0.15) is 388 Å². The first-order chi connectivity index (χ1) is 45.4. The van der Waals surface area contributed by atoms with E-state index in [2.05, 4.69) is 41.5 Å². The molecule has 0 spiro atoms. The molecule has 0 aromatic carbocycles. The molecule has 19 heteroatoms. The predicted molar refractivity (Wildman–Crippen MR) is 381 cm³/mol. The summed E-state index contributed by atoms with van der Waals surface area (Å²) < 4.78 is 68.5. The van der Waals surface area contributed by atoms with Gasteiger partial charge in [0.15, 0.2) is 12.2 Å². The number of aliphatic hydroxyl groups excluding tert-OH is 1. The number of ether oxygens (including phenoxy) is 4. The number of carbonyl (C=O) groups is 4. The van der Waals surface area contributed by atoms with Crippen LogP contribution in [0.3, 0.4) is 0 Å². The van der Waals surface area contributed by atoms with Gasteiger partial charge in [0.2, 0.25) is 0 Å². The Labute approximate surface area is 575 Å². The number of carbonyl (C=O) groups excluding carboxylic acids is 4. The molecular formula is C75H146O17P2. The van der Waals surface area contributed by atoms with Crippen LogP contribution in [-0.2, 0) is 65.4 Å². The van der Waals surface area contributed by atoms with Crippen LogP contribution in [-0.4, -0.2) is 96.7 Å². The largest absolute Gasteiger partial charge is 0.472 e. The number of rotatable bonds is 74. The van der Waals surface area contributed by atoms with E-state index in [9.17, 15) is 43.2 Å². The molecule has 17 nitrogen and oxygen atoms in total. The highest BCUT2D eigenvalue weighted by Crippen LogP contribution is 2.45. The molecule has 94 heavy (non-hydrogen) atoms. The molecule has 0 saturated heterocycles. The first kappa shape index (κ1) is 92.1. The number of esters is 4. The lowest BCUT2D eigenvalue weighted by Crippen LogP contribution is -2.30. The number of unbranched alkanes of at least 4 members (excludes halogenated alkanes) is 43. The SMILES string of the molecule is CCCCCCCCCCCCCCCCC(=O)O[C@H](COC(=O)CCCCCCCCCCCCC)COP(=O)(O)OC[C@H](O)COP(=O)(O)OC[C@@H](COC(=O)CCCCCCCCCCCCC(C)CC)OC(=O)CCCCCCCCCCCCCCC(C)C. The predicted octanol–water partition coefficient (Wildman–Crippen LogP) is 21.9. The van der Waals surface area contributed by atoms with Crippen molar-refractivity contribution >= 4 is 39.5 Å². The molecule has 0 amide bonds. The number of hydrogen-bond acceptors (Lipinski definition) is 15. The Bertz CT molecular complexity index is 1820. The molecule has 0 aromatic rings. The van der Waals surface area contributed by atoms with Crippen molar-refractivity contribution in [3.8, 4) is 0 Å². The van der Waals surface area contributed by atoms with Gasteiger partial charge in [0.1, 0.15) is 19.3 Å². The van der Waals surface area contributed by atoms with Gasteiger partial charge >= 0.3 is 39.5 Å². The lowest BCUT2D eigenvalue weighted by atomic mass is 9.99. The van der Waals surface area contributed by atoms with Gasteiger partial charge in [0.05, 0.1) is 26.4 Å². The molecule has 0 bridgehead atoms. The van der Waals surface area contributed by atoms with E-state index in [1.165, 1.54) is 205 Å². The number of aliphatic hydroxyl groups is 1. The third kappa shape index (κ3) is 67.3. The fourth-order valence-electron chi connectivity index (χ4n) is 11.4. The molecule has 0 radical (unpaired) electrons. The van der Waals surface area contributed by atoms with Gasteiger partial charge < -0.3 is 33.8 Å². The first-order valence-corrected chi connectivity index (χ1v) is 42.0. The van der Waals surface area contributed by atoms with Crippen molar-refractivity contribution in [2.45, 2.75) is 407 Å². The van der Waals surface area contributed by atoms with Crippen LogP contribution >= 0.6 is 15.6 Å². The van der Waals surface area contributed by atoms with E-state index >= 15 is 0 Å².